The normalized spacial score (nSPS) is 17.6. The van der Waals surface area contributed by atoms with Gasteiger partial charge in [0.25, 0.3) is 0 Å². The van der Waals surface area contributed by atoms with Crippen LogP contribution in [0.4, 0.5) is 0 Å². The fourth-order valence-electron chi connectivity index (χ4n) is 3.35. The maximum atomic E-state index is 12.7. The SMILES string of the molecule is COc1c(C)cc(S(=O)(=O)NC(CN)C2CCCC2)cc1C. The van der Waals surface area contributed by atoms with E-state index in [9.17, 15) is 8.42 Å². The van der Waals surface area contributed by atoms with Crippen molar-refractivity contribution in [3.63, 3.8) is 0 Å². The fraction of sp³-hybridized carbons (Fsp3) is 0.625. The molecule has 124 valence electrons. The summed E-state index contributed by atoms with van der Waals surface area (Å²) in [6, 6.07) is 3.11. The van der Waals surface area contributed by atoms with Crippen molar-refractivity contribution in [1.29, 1.82) is 0 Å². The molecule has 1 aliphatic rings. The van der Waals surface area contributed by atoms with Crippen LogP contribution in [0.15, 0.2) is 17.0 Å². The summed E-state index contributed by atoms with van der Waals surface area (Å²) in [4.78, 5) is 0.278. The van der Waals surface area contributed by atoms with Crippen LogP contribution in [0.25, 0.3) is 0 Å². The van der Waals surface area contributed by atoms with Crippen LogP contribution in [0.5, 0.6) is 5.75 Å². The predicted octanol–water partition coefficient (Wildman–Crippen LogP) is 2.11. The van der Waals surface area contributed by atoms with E-state index in [-0.39, 0.29) is 10.9 Å². The summed E-state index contributed by atoms with van der Waals surface area (Å²) < 4.78 is 33.4. The lowest BCUT2D eigenvalue weighted by Gasteiger charge is -2.23. The Morgan fingerprint density at radius 2 is 1.82 bits per heavy atom. The molecule has 3 N–H and O–H groups in total. The van der Waals surface area contributed by atoms with E-state index in [1.54, 1.807) is 19.2 Å². The number of aryl methyl sites for hydroxylation is 2. The minimum Gasteiger partial charge on any atom is -0.496 e. The third-order valence-electron chi connectivity index (χ3n) is 4.48. The lowest BCUT2D eigenvalue weighted by Crippen LogP contribution is -2.44. The number of nitrogens with two attached hydrogens (primary N) is 1. The molecule has 0 spiro atoms. The molecular formula is C16H26N2O3S. The number of methoxy groups -OCH3 is 1. The number of hydrogen-bond acceptors (Lipinski definition) is 4. The van der Waals surface area contributed by atoms with E-state index in [0.717, 1.165) is 42.6 Å². The highest BCUT2D eigenvalue weighted by molar-refractivity contribution is 7.89. The molecule has 1 aliphatic carbocycles. The molecule has 5 nitrogen and oxygen atoms in total. The molecular weight excluding hydrogens is 300 g/mol. The van der Waals surface area contributed by atoms with Gasteiger partial charge in [0, 0.05) is 12.6 Å². The van der Waals surface area contributed by atoms with Crippen LogP contribution in [-0.4, -0.2) is 28.1 Å². The van der Waals surface area contributed by atoms with Crippen LogP contribution in [0.1, 0.15) is 36.8 Å². The fourth-order valence-corrected chi connectivity index (χ4v) is 4.84. The van der Waals surface area contributed by atoms with E-state index in [1.165, 1.54) is 0 Å². The Balaban J connectivity index is 2.26. The van der Waals surface area contributed by atoms with E-state index >= 15 is 0 Å². The third kappa shape index (κ3) is 3.62. The van der Waals surface area contributed by atoms with Crippen LogP contribution in [0, 0.1) is 19.8 Å². The molecule has 1 unspecified atom stereocenters. The minimum atomic E-state index is -3.56. The van der Waals surface area contributed by atoms with E-state index in [1.807, 2.05) is 13.8 Å². The lowest BCUT2D eigenvalue weighted by molar-refractivity contribution is 0.404. The lowest BCUT2D eigenvalue weighted by atomic mass is 9.99. The summed E-state index contributed by atoms with van der Waals surface area (Å²) in [5.41, 5.74) is 7.42. The first-order valence-corrected chi connectivity index (χ1v) is 9.25. The van der Waals surface area contributed by atoms with Crippen molar-refractivity contribution in [1.82, 2.24) is 4.72 Å². The van der Waals surface area contributed by atoms with Gasteiger partial charge in [0.05, 0.1) is 12.0 Å². The maximum Gasteiger partial charge on any atom is 0.240 e. The molecule has 1 saturated carbocycles. The summed E-state index contributed by atoms with van der Waals surface area (Å²) in [7, 11) is -1.97. The maximum absolute atomic E-state index is 12.7. The molecule has 0 aliphatic heterocycles. The van der Waals surface area contributed by atoms with Crippen LogP contribution < -0.4 is 15.2 Å². The van der Waals surface area contributed by atoms with Crippen LogP contribution in [0.2, 0.25) is 0 Å². The molecule has 0 aromatic heterocycles. The summed E-state index contributed by atoms with van der Waals surface area (Å²) in [5, 5.41) is 0. The van der Waals surface area contributed by atoms with E-state index in [4.69, 9.17) is 10.5 Å². The summed E-state index contributed by atoms with van der Waals surface area (Å²) in [6.07, 6.45) is 4.41. The second-order valence-electron chi connectivity index (χ2n) is 6.10. The van der Waals surface area contributed by atoms with E-state index in [2.05, 4.69) is 4.72 Å². The van der Waals surface area contributed by atoms with E-state index in [0.29, 0.717) is 12.5 Å². The molecule has 1 aromatic rings. The van der Waals surface area contributed by atoms with Crippen molar-refractivity contribution in [3.8, 4) is 5.75 Å². The Hall–Kier alpha value is -1.11. The van der Waals surface area contributed by atoms with Crippen molar-refractivity contribution in [2.75, 3.05) is 13.7 Å². The van der Waals surface area contributed by atoms with Gasteiger partial charge >= 0.3 is 0 Å². The first-order chi connectivity index (χ1) is 10.4. The van der Waals surface area contributed by atoms with Crippen LogP contribution in [0.3, 0.4) is 0 Å². The monoisotopic (exact) mass is 326 g/mol. The molecule has 1 aromatic carbocycles. The van der Waals surface area contributed by atoms with Crippen molar-refractivity contribution in [3.05, 3.63) is 23.3 Å². The molecule has 1 atom stereocenters. The molecule has 0 saturated heterocycles. The standard InChI is InChI=1S/C16H26N2O3S/c1-11-8-14(9-12(2)16(11)21-3)22(19,20)18-15(10-17)13-6-4-5-7-13/h8-9,13,15,18H,4-7,10,17H2,1-3H3. The van der Waals surface area contributed by atoms with Crippen molar-refractivity contribution >= 4 is 10.0 Å². The molecule has 2 rings (SSSR count). The molecule has 0 heterocycles. The number of rotatable bonds is 6. The van der Waals surface area contributed by atoms with Gasteiger partial charge in [-0.1, -0.05) is 12.8 Å². The molecule has 0 radical (unpaired) electrons. The topological polar surface area (TPSA) is 81.4 Å². The molecule has 6 heteroatoms. The number of nitrogens with one attached hydrogen (secondary N) is 1. The zero-order chi connectivity index (χ0) is 16.3. The van der Waals surface area contributed by atoms with Gasteiger partial charge in [-0.15, -0.1) is 0 Å². The quantitative estimate of drug-likeness (QED) is 0.839. The first kappa shape index (κ1) is 17.2. The Bertz CT molecular complexity index is 599. The van der Waals surface area contributed by atoms with Gasteiger partial charge < -0.3 is 10.5 Å². The number of sulfonamides is 1. The molecule has 0 amide bonds. The van der Waals surface area contributed by atoms with Crippen LogP contribution in [-0.2, 0) is 10.0 Å². The summed E-state index contributed by atoms with van der Waals surface area (Å²) in [5.74, 6) is 1.07. The highest BCUT2D eigenvalue weighted by Crippen LogP contribution is 2.29. The van der Waals surface area contributed by atoms with Crippen molar-refractivity contribution in [2.24, 2.45) is 11.7 Å². The average molecular weight is 326 g/mol. The van der Waals surface area contributed by atoms with Gasteiger partial charge in [-0.05, 0) is 55.9 Å². The van der Waals surface area contributed by atoms with Crippen molar-refractivity contribution in [2.45, 2.75) is 50.5 Å². The Kier molecular flexibility index (Phi) is 5.47. The highest BCUT2D eigenvalue weighted by Gasteiger charge is 2.28. The van der Waals surface area contributed by atoms with Gasteiger partial charge in [-0.3, -0.25) is 0 Å². The van der Waals surface area contributed by atoms with Gasteiger partial charge in [-0.25, -0.2) is 13.1 Å². The summed E-state index contributed by atoms with van der Waals surface area (Å²) in [6.45, 7) is 4.03. The molecule has 1 fully saturated rings. The number of benzene rings is 1. The number of hydrogen-bond donors (Lipinski definition) is 2. The first-order valence-electron chi connectivity index (χ1n) is 7.76. The van der Waals surface area contributed by atoms with Crippen molar-refractivity contribution < 1.29 is 13.2 Å². The van der Waals surface area contributed by atoms with Crippen LogP contribution >= 0.6 is 0 Å². The molecule has 22 heavy (non-hydrogen) atoms. The minimum absolute atomic E-state index is 0.185. The second kappa shape index (κ2) is 6.98. The van der Waals surface area contributed by atoms with Gasteiger partial charge in [-0.2, -0.15) is 0 Å². The second-order valence-corrected chi connectivity index (χ2v) is 7.81. The Labute approximate surface area is 133 Å². The average Bonchev–Trinajstić information content (AvgIpc) is 2.98. The van der Waals surface area contributed by atoms with Gasteiger partial charge in [0.2, 0.25) is 10.0 Å². The highest BCUT2D eigenvalue weighted by atomic mass is 32.2. The van der Waals surface area contributed by atoms with E-state index < -0.39 is 10.0 Å². The number of ether oxygens (including phenoxy) is 1. The van der Waals surface area contributed by atoms with Gasteiger partial charge in [0.15, 0.2) is 0 Å². The molecule has 0 bridgehead atoms. The Morgan fingerprint density at radius 1 is 1.27 bits per heavy atom. The predicted molar refractivity (Wildman–Crippen MR) is 87.6 cm³/mol. The zero-order valence-electron chi connectivity index (χ0n) is 13.6. The zero-order valence-corrected chi connectivity index (χ0v) is 14.4. The Morgan fingerprint density at radius 3 is 2.27 bits per heavy atom. The van der Waals surface area contributed by atoms with Gasteiger partial charge in [0.1, 0.15) is 5.75 Å². The smallest absolute Gasteiger partial charge is 0.240 e. The summed E-state index contributed by atoms with van der Waals surface area (Å²) >= 11 is 0. The third-order valence-corrected chi connectivity index (χ3v) is 5.95. The largest absolute Gasteiger partial charge is 0.496 e.